The van der Waals surface area contributed by atoms with Crippen LogP contribution in [-0.2, 0) is 0 Å². The van der Waals surface area contributed by atoms with Crippen LogP contribution >= 0.6 is 0 Å². The Morgan fingerprint density at radius 1 is 0.359 bits per heavy atom. The molecule has 10 aromatic rings. The van der Waals surface area contributed by atoms with E-state index in [1.165, 1.54) is 105 Å². The fourth-order valence-corrected chi connectivity index (χ4v) is 10.9. The molecule has 0 saturated carbocycles. The van der Waals surface area contributed by atoms with Gasteiger partial charge in [0.05, 0.1) is 39.8 Å². The molecule has 0 fully saturated rings. The Kier molecular flexibility index (Phi) is 8.13. The largest absolute Gasteiger partial charge is 0.341 e. The fourth-order valence-electron chi connectivity index (χ4n) is 10.9. The Balaban J connectivity index is 1.15. The van der Waals surface area contributed by atoms with Crippen molar-refractivity contribution in [1.82, 2.24) is 0 Å². The Bertz CT molecular complexity index is 3590. The lowest BCUT2D eigenvalue weighted by molar-refractivity contribution is 0.858. The summed E-state index contributed by atoms with van der Waals surface area (Å²) in [5.41, 5.74) is 16.9. The van der Waals surface area contributed by atoms with E-state index >= 15 is 0 Å². The monoisotopic (exact) mass is 820 g/mol. The zero-order valence-corrected chi connectivity index (χ0v) is 35.8. The van der Waals surface area contributed by atoms with Crippen LogP contribution in [0.3, 0.4) is 0 Å². The van der Waals surface area contributed by atoms with Gasteiger partial charge in [-0.25, -0.2) is 0 Å². The number of hydrogen-bond donors (Lipinski definition) is 0. The van der Waals surface area contributed by atoms with Crippen molar-refractivity contribution in [2.45, 2.75) is 12.8 Å². The lowest BCUT2D eigenvalue weighted by atomic mass is 9.84. The summed E-state index contributed by atoms with van der Waals surface area (Å²) in [7, 11) is 4.38. The molecule has 0 unspecified atom stereocenters. The minimum absolute atomic E-state index is 0.974. The highest BCUT2D eigenvalue weighted by Gasteiger charge is 2.31. The number of benzene rings is 10. The van der Waals surface area contributed by atoms with Crippen LogP contribution in [0.1, 0.15) is 12.8 Å². The topological polar surface area (TPSA) is 13.0 Å². The molecular weight excluding hydrogens is 777 g/mol. The van der Waals surface area contributed by atoms with Gasteiger partial charge in [0, 0.05) is 31.2 Å². The number of para-hydroxylation sites is 6. The summed E-state index contributed by atoms with van der Waals surface area (Å²) >= 11 is 0. The van der Waals surface area contributed by atoms with Crippen LogP contribution in [0.2, 0.25) is 0 Å². The second kappa shape index (κ2) is 14.2. The van der Waals surface area contributed by atoms with E-state index in [9.17, 15) is 0 Å². The number of rotatable bonds is 4. The molecule has 0 amide bonds. The van der Waals surface area contributed by atoms with E-state index < -0.39 is 0 Å². The van der Waals surface area contributed by atoms with Crippen LogP contribution in [0, 0.1) is 0 Å². The van der Waals surface area contributed by atoms with Crippen molar-refractivity contribution < 1.29 is 0 Å². The maximum absolute atomic E-state index is 2.53. The highest BCUT2D eigenvalue weighted by Crippen LogP contribution is 2.54. The van der Waals surface area contributed by atoms with Crippen LogP contribution in [0.25, 0.3) is 65.3 Å². The van der Waals surface area contributed by atoms with E-state index in [-0.39, 0.29) is 0 Å². The molecule has 0 bridgehead atoms. The summed E-state index contributed by atoms with van der Waals surface area (Å²) in [6.07, 6.45) is 6.61. The molecule has 13 rings (SSSR count). The summed E-state index contributed by atoms with van der Waals surface area (Å²) in [4.78, 5) is 9.65. The standard InChI is InChI=1S/C60H44N4/c1-61-51-19-7-11-23-55(51)63(56-24-12-8-20-52(56)61)45-31-33-47-49(37-45)59(43-29-27-39-15-3-5-17-41(39)35-43)48-34-32-46(38-50(48)60(47)44-30-28-40-16-4-6-18-42(40)36-44)64-57-25-13-9-21-53(57)62(2)54-22-10-14-26-58(54)64/h3-13,15-25,27-38H,14,26H2,1-2H3. The van der Waals surface area contributed by atoms with Gasteiger partial charge in [0.15, 0.2) is 0 Å². The average molecular weight is 821 g/mol. The molecule has 0 saturated heterocycles. The van der Waals surface area contributed by atoms with Crippen LogP contribution in [0.5, 0.6) is 0 Å². The second-order valence-electron chi connectivity index (χ2n) is 17.4. The van der Waals surface area contributed by atoms with Gasteiger partial charge in [-0.3, -0.25) is 0 Å². The maximum atomic E-state index is 2.53. The molecule has 4 nitrogen and oxygen atoms in total. The summed E-state index contributed by atoms with van der Waals surface area (Å²) in [6, 6.07) is 72.3. The first-order chi connectivity index (χ1) is 31.6. The fraction of sp³-hybridized carbons (Fsp3) is 0.0667. The first-order valence-corrected chi connectivity index (χ1v) is 22.4. The van der Waals surface area contributed by atoms with Gasteiger partial charge in [-0.1, -0.05) is 127 Å². The van der Waals surface area contributed by atoms with Crippen LogP contribution in [0.4, 0.5) is 45.5 Å². The Hall–Kier alpha value is -8.08. The predicted molar refractivity (Wildman–Crippen MR) is 272 cm³/mol. The van der Waals surface area contributed by atoms with Gasteiger partial charge in [-0.15, -0.1) is 0 Å². The number of hydrogen-bond acceptors (Lipinski definition) is 4. The van der Waals surface area contributed by atoms with E-state index in [2.05, 4.69) is 240 Å². The Morgan fingerprint density at radius 2 is 0.797 bits per heavy atom. The zero-order valence-electron chi connectivity index (χ0n) is 35.8. The molecule has 2 aliphatic heterocycles. The minimum Gasteiger partial charge on any atom is -0.341 e. The highest BCUT2D eigenvalue weighted by atomic mass is 15.3. The van der Waals surface area contributed by atoms with Gasteiger partial charge >= 0.3 is 0 Å². The van der Waals surface area contributed by atoms with E-state index in [0.717, 1.165) is 29.9 Å². The summed E-state index contributed by atoms with van der Waals surface area (Å²) in [6.45, 7) is 0. The van der Waals surface area contributed by atoms with Crippen LogP contribution < -0.4 is 19.6 Å². The molecule has 2 heterocycles. The molecular formula is C60H44N4. The number of anilines is 8. The predicted octanol–water partition coefficient (Wildman–Crippen LogP) is 16.3. The second-order valence-corrected chi connectivity index (χ2v) is 17.4. The SMILES string of the molecule is CN1C2=C(CCC=C2)N(c2ccc3c(-c4ccc5ccccc5c4)c4cc(N5c6ccccc6N(C)c6ccccc65)ccc4c(-c4ccc5ccccc5c4)c3c2)c2ccccc21. The van der Waals surface area contributed by atoms with Gasteiger partial charge < -0.3 is 19.6 Å². The zero-order chi connectivity index (χ0) is 42.5. The van der Waals surface area contributed by atoms with Gasteiger partial charge in [0.1, 0.15) is 0 Å². The average Bonchev–Trinajstić information content (AvgIpc) is 3.35. The molecule has 3 aliphatic rings. The lowest BCUT2D eigenvalue weighted by Gasteiger charge is -2.41. The van der Waals surface area contributed by atoms with Gasteiger partial charge in [0.2, 0.25) is 0 Å². The van der Waals surface area contributed by atoms with Crippen molar-refractivity contribution >= 4 is 88.6 Å². The number of allylic oxidation sites excluding steroid dienone is 3. The molecule has 1 aliphatic carbocycles. The molecule has 304 valence electrons. The van der Waals surface area contributed by atoms with Crippen molar-refractivity contribution in [2.75, 3.05) is 33.7 Å². The first kappa shape index (κ1) is 36.6. The third-order valence-corrected chi connectivity index (χ3v) is 13.9. The van der Waals surface area contributed by atoms with Crippen molar-refractivity contribution in [3.05, 3.63) is 218 Å². The molecule has 10 aromatic carbocycles. The summed E-state index contributed by atoms with van der Waals surface area (Å²) in [5.74, 6) is 0. The molecule has 0 spiro atoms. The maximum Gasteiger partial charge on any atom is 0.0699 e. The Labute approximate surface area is 373 Å². The van der Waals surface area contributed by atoms with Crippen molar-refractivity contribution in [1.29, 1.82) is 0 Å². The van der Waals surface area contributed by atoms with Crippen molar-refractivity contribution in [3.63, 3.8) is 0 Å². The quantitative estimate of drug-likeness (QED) is 0.164. The normalized spacial score (nSPS) is 14.3. The van der Waals surface area contributed by atoms with Gasteiger partial charge in [-0.05, 0) is 157 Å². The third kappa shape index (κ3) is 5.49. The minimum atomic E-state index is 0.974. The van der Waals surface area contributed by atoms with Crippen LogP contribution in [0.15, 0.2) is 218 Å². The van der Waals surface area contributed by atoms with Crippen molar-refractivity contribution in [2.24, 2.45) is 0 Å². The molecule has 0 N–H and O–H groups in total. The van der Waals surface area contributed by atoms with Gasteiger partial charge in [0.25, 0.3) is 0 Å². The highest BCUT2D eigenvalue weighted by molar-refractivity contribution is 6.23. The van der Waals surface area contributed by atoms with Crippen molar-refractivity contribution in [3.8, 4) is 22.3 Å². The van der Waals surface area contributed by atoms with E-state index in [1.807, 2.05) is 0 Å². The smallest absolute Gasteiger partial charge is 0.0699 e. The molecule has 4 heteroatoms. The number of nitrogens with zero attached hydrogens (tertiary/aromatic N) is 4. The summed E-state index contributed by atoms with van der Waals surface area (Å²) in [5, 5.41) is 9.84. The van der Waals surface area contributed by atoms with E-state index in [4.69, 9.17) is 0 Å². The lowest BCUT2D eigenvalue weighted by Crippen LogP contribution is -2.32. The molecule has 64 heavy (non-hydrogen) atoms. The first-order valence-electron chi connectivity index (χ1n) is 22.4. The molecule has 0 aromatic heterocycles. The van der Waals surface area contributed by atoms with E-state index in [1.54, 1.807) is 0 Å². The number of likely N-dealkylation sites (N-methyl/N-ethyl adjacent to an activating group) is 1. The molecule has 0 atom stereocenters. The van der Waals surface area contributed by atoms with E-state index in [0.29, 0.717) is 0 Å². The summed E-state index contributed by atoms with van der Waals surface area (Å²) < 4.78 is 0. The Morgan fingerprint density at radius 3 is 1.33 bits per heavy atom. The van der Waals surface area contributed by atoms with Gasteiger partial charge in [-0.2, -0.15) is 0 Å². The molecule has 0 radical (unpaired) electrons. The third-order valence-electron chi connectivity index (χ3n) is 13.9. The number of fused-ring (bicyclic) bond motifs is 7. The van der Waals surface area contributed by atoms with Crippen LogP contribution in [-0.4, -0.2) is 14.1 Å².